The number of carbonyl (C=O) groups excluding carboxylic acids is 1. The summed E-state index contributed by atoms with van der Waals surface area (Å²) in [5.74, 6) is 7.73. The van der Waals surface area contributed by atoms with E-state index in [0.717, 1.165) is 0 Å². The number of hydrogen-bond donors (Lipinski definition) is 0. The number of hydrogen-bond acceptors (Lipinski definition) is 2. The smallest absolute Gasteiger partial charge is 0.303 e. The predicted molar refractivity (Wildman–Crippen MR) is 55.5 cm³/mol. The van der Waals surface area contributed by atoms with Crippen LogP contribution in [0.1, 0.15) is 6.92 Å². The van der Waals surface area contributed by atoms with Crippen LogP contribution in [0.2, 0.25) is 19.6 Å². The van der Waals surface area contributed by atoms with Crippen molar-refractivity contribution in [1.29, 1.82) is 0 Å². The lowest BCUT2D eigenvalue weighted by molar-refractivity contribution is -0.139. The quantitative estimate of drug-likeness (QED) is 0.358. The molecule has 70 valence electrons. The third-order valence-corrected chi connectivity index (χ3v) is 1.81. The fourth-order valence-electron chi connectivity index (χ4n) is 0.437. The van der Waals surface area contributed by atoms with Crippen molar-refractivity contribution in [2.75, 3.05) is 6.61 Å². The SMILES string of the molecule is CC(=O)OCC#CC#C[Si](C)(C)C. The third kappa shape index (κ3) is 10.8. The van der Waals surface area contributed by atoms with Gasteiger partial charge in [-0.05, 0) is 17.8 Å². The Labute approximate surface area is 80.7 Å². The molecule has 0 saturated heterocycles. The van der Waals surface area contributed by atoms with E-state index in [-0.39, 0.29) is 12.6 Å². The van der Waals surface area contributed by atoms with Crippen LogP contribution < -0.4 is 0 Å². The van der Waals surface area contributed by atoms with Gasteiger partial charge < -0.3 is 4.74 Å². The summed E-state index contributed by atoms with van der Waals surface area (Å²) in [5, 5.41) is 0. The van der Waals surface area contributed by atoms with Crippen molar-refractivity contribution in [2.45, 2.75) is 26.6 Å². The zero-order chi connectivity index (χ0) is 10.3. The van der Waals surface area contributed by atoms with Gasteiger partial charge >= 0.3 is 5.97 Å². The highest BCUT2D eigenvalue weighted by Gasteiger charge is 2.06. The van der Waals surface area contributed by atoms with Crippen LogP contribution in [0.25, 0.3) is 0 Å². The van der Waals surface area contributed by atoms with Crippen molar-refractivity contribution in [3.8, 4) is 23.3 Å². The van der Waals surface area contributed by atoms with Crippen LogP contribution in [0.4, 0.5) is 0 Å². The van der Waals surface area contributed by atoms with E-state index in [1.807, 2.05) is 0 Å². The third-order valence-electron chi connectivity index (χ3n) is 0.936. The van der Waals surface area contributed by atoms with Crippen LogP contribution >= 0.6 is 0 Å². The fourth-order valence-corrected chi connectivity index (χ4v) is 0.874. The minimum absolute atomic E-state index is 0.135. The summed E-state index contributed by atoms with van der Waals surface area (Å²) in [6.07, 6.45) is 0. The van der Waals surface area contributed by atoms with Crippen molar-refractivity contribution in [3.63, 3.8) is 0 Å². The molecule has 0 aromatic heterocycles. The molecular formula is C10H14O2Si. The number of carbonyl (C=O) groups is 1. The standard InChI is InChI=1S/C10H14O2Si/c1-10(11)12-8-6-5-7-9-13(2,3)4/h8H2,1-4H3. The lowest BCUT2D eigenvalue weighted by Crippen LogP contribution is -2.16. The molecule has 3 heteroatoms. The maximum Gasteiger partial charge on any atom is 0.303 e. The zero-order valence-corrected chi connectivity index (χ0v) is 9.52. The topological polar surface area (TPSA) is 26.3 Å². The second kappa shape index (κ2) is 5.45. The molecule has 0 heterocycles. The first kappa shape index (κ1) is 11.8. The van der Waals surface area contributed by atoms with Crippen LogP contribution in [0.3, 0.4) is 0 Å². The minimum Gasteiger partial charge on any atom is -0.453 e. The lowest BCUT2D eigenvalue weighted by atomic mass is 10.6. The van der Waals surface area contributed by atoms with Gasteiger partial charge in [0.05, 0.1) is 0 Å². The Morgan fingerprint density at radius 1 is 1.31 bits per heavy atom. The summed E-state index contributed by atoms with van der Waals surface area (Å²) < 4.78 is 4.61. The Morgan fingerprint density at radius 3 is 2.38 bits per heavy atom. The molecule has 0 fully saturated rings. The van der Waals surface area contributed by atoms with Gasteiger partial charge in [-0.15, -0.1) is 5.54 Å². The molecule has 0 aliphatic heterocycles. The maximum absolute atomic E-state index is 10.3. The Morgan fingerprint density at radius 2 is 1.92 bits per heavy atom. The fraction of sp³-hybridized carbons (Fsp3) is 0.500. The van der Waals surface area contributed by atoms with E-state index in [4.69, 9.17) is 0 Å². The van der Waals surface area contributed by atoms with Gasteiger partial charge in [-0.3, -0.25) is 4.79 Å². The summed E-state index contributed by atoms with van der Waals surface area (Å²) in [5.41, 5.74) is 3.08. The van der Waals surface area contributed by atoms with Crippen molar-refractivity contribution >= 4 is 14.0 Å². The number of ether oxygens (including phenoxy) is 1. The highest BCUT2D eigenvalue weighted by atomic mass is 28.3. The zero-order valence-electron chi connectivity index (χ0n) is 8.52. The van der Waals surface area contributed by atoms with Gasteiger partial charge in [0, 0.05) is 6.92 Å². The molecule has 0 aromatic carbocycles. The van der Waals surface area contributed by atoms with Crippen LogP contribution in [0.5, 0.6) is 0 Å². The maximum atomic E-state index is 10.3. The van der Waals surface area contributed by atoms with E-state index in [0.29, 0.717) is 0 Å². The van der Waals surface area contributed by atoms with Crippen LogP contribution in [-0.4, -0.2) is 20.7 Å². The van der Waals surface area contributed by atoms with E-state index in [1.165, 1.54) is 6.92 Å². The molecular weight excluding hydrogens is 180 g/mol. The predicted octanol–water partition coefficient (Wildman–Crippen LogP) is 1.43. The molecule has 0 spiro atoms. The molecule has 0 rings (SSSR count). The molecule has 0 unspecified atom stereocenters. The second-order valence-electron chi connectivity index (χ2n) is 3.58. The van der Waals surface area contributed by atoms with Gasteiger partial charge in [-0.1, -0.05) is 19.6 Å². The van der Waals surface area contributed by atoms with Gasteiger partial charge in [-0.2, -0.15) is 0 Å². The number of esters is 1. The number of rotatable bonds is 1. The molecule has 0 aromatic rings. The van der Waals surface area contributed by atoms with Gasteiger partial charge in [0.2, 0.25) is 0 Å². The normalized spacial score (nSPS) is 8.92. The minimum atomic E-state index is -1.31. The lowest BCUT2D eigenvalue weighted by Gasteiger charge is -2.01. The van der Waals surface area contributed by atoms with Crippen molar-refractivity contribution < 1.29 is 9.53 Å². The van der Waals surface area contributed by atoms with E-state index in [9.17, 15) is 4.79 Å². The average molecular weight is 194 g/mol. The molecule has 2 nitrogen and oxygen atoms in total. The van der Waals surface area contributed by atoms with Gasteiger partial charge in [0.1, 0.15) is 8.07 Å². The Hall–Kier alpha value is -1.19. The Balaban J connectivity index is 3.85. The largest absolute Gasteiger partial charge is 0.453 e. The van der Waals surface area contributed by atoms with E-state index >= 15 is 0 Å². The van der Waals surface area contributed by atoms with E-state index in [1.54, 1.807) is 0 Å². The molecule has 0 amide bonds. The first-order valence-electron chi connectivity index (χ1n) is 4.05. The van der Waals surface area contributed by atoms with Gasteiger partial charge in [0.25, 0.3) is 0 Å². The molecule has 0 atom stereocenters. The molecule has 0 saturated carbocycles. The second-order valence-corrected chi connectivity index (χ2v) is 8.33. The van der Waals surface area contributed by atoms with Crippen molar-refractivity contribution in [2.24, 2.45) is 0 Å². The molecule has 0 aliphatic carbocycles. The van der Waals surface area contributed by atoms with Crippen LogP contribution in [0, 0.1) is 23.3 Å². The Bertz CT molecular complexity index is 291. The molecule has 0 radical (unpaired) electrons. The van der Waals surface area contributed by atoms with Gasteiger partial charge in [-0.25, -0.2) is 0 Å². The first-order chi connectivity index (χ1) is 5.92. The molecule has 13 heavy (non-hydrogen) atoms. The van der Waals surface area contributed by atoms with Crippen LogP contribution in [0.15, 0.2) is 0 Å². The molecule has 0 bridgehead atoms. The monoisotopic (exact) mass is 194 g/mol. The highest BCUT2D eigenvalue weighted by Crippen LogP contribution is 1.95. The average Bonchev–Trinajstić information content (AvgIpc) is 1.93. The van der Waals surface area contributed by atoms with E-state index in [2.05, 4.69) is 47.7 Å². The summed E-state index contributed by atoms with van der Waals surface area (Å²) in [4.78, 5) is 10.3. The first-order valence-corrected chi connectivity index (χ1v) is 7.55. The summed E-state index contributed by atoms with van der Waals surface area (Å²) in [6, 6.07) is 0. The summed E-state index contributed by atoms with van der Waals surface area (Å²) in [6.45, 7) is 7.93. The molecule has 0 aliphatic rings. The summed E-state index contributed by atoms with van der Waals surface area (Å²) >= 11 is 0. The highest BCUT2D eigenvalue weighted by molar-refractivity contribution is 6.83. The summed E-state index contributed by atoms with van der Waals surface area (Å²) in [7, 11) is -1.31. The van der Waals surface area contributed by atoms with Crippen LogP contribution in [-0.2, 0) is 9.53 Å². The van der Waals surface area contributed by atoms with Gasteiger partial charge in [0.15, 0.2) is 6.61 Å². The Kier molecular flexibility index (Phi) is 4.95. The van der Waals surface area contributed by atoms with Crippen molar-refractivity contribution in [3.05, 3.63) is 0 Å². The van der Waals surface area contributed by atoms with Crippen molar-refractivity contribution in [1.82, 2.24) is 0 Å². The molecule has 0 N–H and O–H groups in total. The van der Waals surface area contributed by atoms with E-state index < -0.39 is 8.07 Å².